The summed E-state index contributed by atoms with van der Waals surface area (Å²) in [5, 5.41) is 8.77. The molecule has 0 bridgehead atoms. The van der Waals surface area contributed by atoms with Gasteiger partial charge in [-0.25, -0.2) is 5.84 Å². The summed E-state index contributed by atoms with van der Waals surface area (Å²) >= 11 is 0. The third kappa shape index (κ3) is 1.36. The molecule has 0 aliphatic heterocycles. The number of nitrogens with two attached hydrogens (primary N) is 1. The minimum Gasteiger partial charge on any atom is -0.297 e. The normalized spacial score (nSPS) is 9.11. The number of hydrogen-bond acceptors (Lipinski definition) is 4. The molecule has 0 saturated heterocycles. The summed E-state index contributed by atoms with van der Waals surface area (Å²) in [6, 6.07) is 3.57. The van der Waals surface area contributed by atoms with Crippen LogP contribution < -0.4 is 10.9 Å². The highest BCUT2D eigenvalue weighted by molar-refractivity contribution is 5.32. The summed E-state index contributed by atoms with van der Waals surface area (Å²) in [7, 11) is 1.71. The van der Waals surface area contributed by atoms with Crippen LogP contribution in [-0.4, -0.2) is 17.2 Å². The molecule has 4 heteroatoms. The highest BCUT2D eigenvalue weighted by Gasteiger charge is 1.91. The number of hydrogen-bond donors (Lipinski definition) is 1. The Morgan fingerprint density at radius 3 is 2.78 bits per heavy atom. The molecule has 0 spiro atoms. The van der Waals surface area contributed by atoms with Crippen molar-refractivity contribution in [3.63, 3.8) is 0 Å². The van der Waals surface area contributed by atoms with Crippen LogP contribution in [0.25, 0.3) is 0 Å². The van der Waals surface area contributed by atoms with Gasteiger partial charge < -0.3 is 0 Å². The van der Waals surface area contributed by atoms with E-state index in [4.69, 9.17) is 5.84 Å². The van der Waals surface area contributed by atoms with Crippen molar-refractivity contribution >= 4 is 5.82 Å². The Labute approximate surface area is 53.3 Å². The van der Waals surface area contributed by atoms with E-state index >= 15 is 0 Å². The van der Waals surface area contributed by atoms with Crippen molar-refractivity contribution in [3.8, 4) is 0 Å². The zero-order valence-electron chi connectivity index (χ0n) is 5.15. The minimum absolute atomic E-state index is 0.664. The standard InChI is InChI=1S/C5H8N4/c1-9(6)5-3-2-4-7-8-5/h2-4H,6H2,1H3. The first kappa shape index (κ1) is 5.97. The summed E-state index contributed by atoms with van der Waals surface area (Å²) in [5.74, 6) is 6.01. The van der Waals surface area contributed by atoms with Gasteiger partial charge in [0.15, 0.2) is 5.82 Å². The zero-order valence-corrected chi connectivity index (χ0v) is 5.15. The molecule has 1 aromatic rings. The van der Waals surface area contributed by atoms with Gasteiger partial charge >= 0.3 is 0 Å². The molecule has 4 nitrogen and oxygen atoms in total. The fraction of sp³-hybridized carbons (Fsp3) is 0.200. The molecule has 2 N–H and O–H groups in total. The Morgan fingerprint density at radius 2 is 2.44 bits per heavy atom. The molecule has 1 aromatic heterocycles. The molecule has 0 fully saturated rings. The maximum absolute atomic E-state index is 5.34. The summed E-state index contributed by atoms with van der Waals surface area (Å²) in [5.41, 5.74) is 0. The van der Waals surface area contributed by atoms with Crippen molar-refractivity contribution in [2.45, 2.75) is 0 Å². The van der Waals surface area contributed by atoms with Gasteiger partial charge in [-0.05, 0) is 12.1 Å². The lowest BCUT2D eigenvalue weighted by Gasteiger charge is -2.07. The molecule has 0 radical (unpaired) electrons. The lowest BCUT2D eigenvalue weighted by molar-refractivity contribution is 0.918. The van der Waals surface area contributed by atoms with Crippen molar-refractivity contribution in [3.05, 3.63) is 18.3 Å². The third-order valence-corrected chi connectivity index (χ3v) is 0.920. The van der Waals surface area contributed by atoms with Crippen LogP contribution in [-0.2, 0) is 0 Å². The maximum atomic E-state index is 5.34. The molecule has 0 amide bonds. The van der Waals surface area contributed by atoms with E-state index in [-0.39, 0.29) is 0 Å². The van der Waals surface area contributed by atoms with E-state index in [1.54, 1.807) is 25.4 Å². The van der Waals surface area contributed by atoms with Crippen molar-refractivity contribution in [2.75, 3.05) is 12.1 Å². The summed E-state index contributed by atoms with van der Waals surface area (Å²) in [4.78, 5) is 0. The van der Waals surface area contributed by atoms with E-state index in [2.05, 4.69) is 10.2 Å². The molecule has 0 aromatic carbocycles. The Morgan fingerprint density at radius 1 is 1.67 bits per heavy atom. The molecule has 48 valence electrons. The number of aromatic nitrogens is 2. The first-order chi connectivity index (χ1) is 4.30. The molecular formula is C5H8N4. The number of hydrazine groups is 1. The highest BCUT2D eigenvalue weighted by atomic mass is 15.4. The Balaban J connectivity index is 2.85. The van der Waals surface area contributed by atoms with Gasteiger partial charge in [0.25, 0.3) is 0 Å². The van der Waals surface area contributed by atoms with Gasteiger partial charge in [-0.3, -0.25) is 5.01 Å². The van der Waals surface area contributed by atoms with E-state index in [9.17, 15) is 0 Å². The predicted octanol–water partition coefficient (Wildman–Crippen LogP) is -0.214. The Kier molecular flexibility index (Phi) is 1.60. The molecular weight excluding hydrogens is 116 g/mol. The van der Waals surface area contributed by atoms with E-state index in [0.717, 1.165) is 0 Å². The summed E-state index contributed by atoms with van der Waals surface area (Å²) < 4.78 is 0. The van der Waals surface area contributed by atoms with Gasteiger partial charge in [0.05, 0.1) is 0 Å². The van der Waals surface area contributed by atoms with Crippen LogP contribution >= 0.6 is 0 Å². The molecule has 0 aliphatic rings. The fourth-order valence-corrected chi connectivity index (χ4v) is 0.482. The van der Waals surface area contributed by atoms with Crippen molar-refractivity contribution in [1.29, 1.82) is 0 Å². The SMILES string of the molecule is CN(N)c1cccnn1. The molecule has 0 saturated carbocycles. The molecule has 0 atom stereocenters. The van der Waals surface area contributed by atoms with Crippen LogP contribution in [0.2, 0.25) is 0 Å². The quantitative estimate of drug-likeness (QED) is 0.415. The minimum atomic E-state index is 0.664. The second-order valence-corrected chi connectivity index (χ2v) is 1.69. The predicted molar refractivity (Wildman–Crippen MR) is 34.6 cm³/mol. The number of anilines is 1. The van der Waals surface area contributed by atoms with Gasteiger partial charge in [-0.2, -0.15) is 5.10 Å². The first-order valence-corrected chi connectivity index (χ1v) is 2.57. The van der Waals surface area contributed by atoms with Crippen LogP contribution in [0.15, 0.2) is 18.3 Å². The van der Waals surface area contributed by atoms with Crippen LogP contribution in [0, 0.1) is 0 Å². The third-order valence-electron chi connectivity index (χ3n) is 0.920. The topological polar surface area (TPSA) is 55.0 Å². The Hall–Kier alpha value is -1.16. The lowest BCUT2D eigenvalue weighted by Crippen LogP contribution is -2.26. The molecule has 0 aliphatic carbocycles. The van der Waals surface area contributed by atoms with E-state index in [0.29, 0.717) is 5.82 Å². The van der Waals surface area contributed by atoms with Crippen LogP contribution in [0.1, 0.15) is 0 Å². The lowest BCUT2D eigenvalue weighted by atomic mass is 10.5. The Bertz CT molecular complexity index is 172. The van der Waals surface area contributed by atoms with E-state index in [1.807, 2.05) is 0 Å². The largest absolute Gasteiger partial charge is 0.297 e. The van der Waals surface area contributed by atoms with Gasteiger partial charge in [0.2, 0.25) is 0 Å². The van der Waals surface area contributed by atoms with Gasteiger partial charge in [-0.15, -0.1) is 5.10 Å². The average Bonchev–Trinajstić information content (AvgIpc) is 1.90. The maximum Gasteiger partial charge on any atom is 0.164 e. The summed E-state index contributed by atoms with van der Waals surface area (Å²) in [6.45, 7) is 0. The molecule has 1 rings (SSSR count). The smallest absolute Gasteiger partial charge is 0.164 e. The molecule has 1 heterocycles. The second-order valence-electron chi connectivity index (χ2n) is 1.69. The van der Waals surface area contributed by atoms with E-state index < -0.39 is 0 Å². The highest BCUT2D eigenvalue weighted by Crippen LogP contribution is 1.98. The first-order valence-electron chi connectivity index (χ1n) is 2.57. The zero-order chi connectivity index (χ0) is 6.69. The van der Waals surface area contributed by atoms with Gasteiger partial charge in [-0.1, -0.05) is 0 Å². The van der Waals surface area contributed by atoms with Crippen molar-refractivity contribution < 1.29 is 0 Å². The monoisotopic (exact) mass is 124 g/mol. The number of rotatable bonds is 1. The van der Waals surface area contributed by atoms with Gasteiger partial charge in [0, 0.05) is 13.2 Å². The van der Waals surface area contributed by atoms with Crippen molar-refractivity contribution in [2.24, 2.45) is 5.84 Å². The fourth-order valence-electron chi connectivity index (χ4n) is 0.482. The van der Waals surface area contributed by atoms with Crippen molar-refractivity contribution in [1.82, 2.24) is 10.2 Å². The number of nitrogens with zero attached hydrogens (tertiary/aromatic N) is 3. The summed E-state index contributed by atoms with van der Waals surface area (Å²) in [6.07, 6.45) is 1.60. The van der Waals surface area contributed by atoms with E-state index in [1.165, 1.54) is 5.01 Å². The van der Waals surface area contributed by atoms with Crippen LogP contribution in [0.4, 0.5) is 5.82 Å². The average molecular weight is 124 g/mol. The molecule has 0 unspecified atom stereocenters. The van der Waals surface area contributed by atoms with Crippen LogP contribution in [0.5, 0.6) is 0 Å². The van der Waals surface area contributed by atoms with Crippen LogP contribution in [0.3, 0.4) is 0 Å². The molecule has 9 heavy (non-hydrogen) atoms. The van der Waals surface area contributed by atoms with Gasteiger partial charge in [0.1, 0.15) is 0 Å². The second kappa shape index (κ2) is 2.41.